The summed E-state index contributed by atoms with van der Waals surface area (Å²) in [6.07, 6.45) is 2.52. The zero-order chi connectivity index (χ0) is 20.7. The van der Waals surface area contributed by atoms with Crippen molar-refractivity contribution in [2.24, 2.45) is 0 Å². The Morgan fingerprint density at radius 2 is 1.86 bits per heavy atom. The summed E-state index contributed by atoms with van der Waals surface area (Å²) in [6.45, 7) is -1.33. The molecule has 0 fully saturated rings. The van der Waals surface area contributed by atoms with Crippen LogP contribution < -0.4 is 20.1 Å². The molecule has 6 nitrogen and oxygen atoms in total. The molecule has 28 heavy (non-hydrogen) atoms. The largest absolute Gasteiger partial charge is 0.493 e. The van der Waals surface area contributed by atoms with Crippen molar-refractivity contribution in [1.82, 2.24) is 5.32 Å². The number of hydrogen-bond donors (Lipinski definition) is 2. The first-order valence-electron chi connectivity index (χ1n) is 8.30. The van der Waals surface area contributed by atoms with Gasteiger partial charge in [0, 0.05) is 29.9 Å². The third-order valence-electron chi connectivity index (χ3n) is 3.91. The fraction of sp³-hybridized carbons (Fsp3) is 0.200. The normalized spacial score (nSPS) is 10.8. The van der Waals surface area contributed by atoms with E-state index >= 15 is 0 Å². The highest BCUT2D eigenvalue weighted by Crippen LogP contribution is 2.33. The van der Waals surface area contributed by atoms with Crippen molar-refractivity contribution in [3.63, 3.8) is 0 Å². The predicted octanol–water partition coefficient (Wildman–Crippen LogP) is 3.62. The third kappa shape index (κ3) is 5.06. The van der Waals surface area contributed by atoms with E-state index in [9.17, 15) is 18.4 Å². The highest BCUT2D eigenvalue weighted by atomic mass is 19.3. The SMILES string of the molecule is CNC(=O)c1cccc(NC(=O)/C=C/c2cccc(OC)c2OC(F)F)c1C. The van der Waals surface area contributed by atoms with Crippen LogP contribution in [0.2, 0.25) is 0 Å². The van der Waals surface area contributed by atoms with Crippen LogP contribution in [0.5, 0.6) is 11.5 Å². The van der Waals surface area contributed by atoms with Gasteiger partial charge in [0.2, 0.25) is 5.91 Å². The fourth-order valence-electron chi connectivity index (χ4n) is 2.53. The Kier molecular flexibility index (Phi) is 7.08. The molecular formula is C20H20F2N2O4. The average Bonchev–Trinajstić information content (AvgIpc) is 2.67. The Morgan fingerprint density at radius 3 is 2.50 bits per heavy atom. The predicted molar refractivity (Wildman–Crippen MR) is 102 cm³/mol. The van der Waals surface area contributed by atoms with Crippen molar-refractivity contribution in [1.29, 1.82) is 0 Å². The van der Waals surface area contributed by atoms with Crippen LogP contribution in [-0.4, -0.2) is 32.6 Å². The summed E-state index contributed by atoms with van der Waals surface area (Å²) < 4.78 is 34.9. The molecule has 148 valence electrons. The molecule has 0 aromatic heterocycles. The first kappa shape index (κ1) is 20.9. The maximum Gasteiger partial charge on any atom is 0.387 e. The zero-order valence-electron chi connectivity index (χ0n) is 15.6. The maximum atomic E-state index is 12.7. The molecule has 0 radical (unpaired) electrons. The van der Waals surface area contributed by atoms with Crippen LogP contribution in [0.3, 0.4) is 0 Å². The van der Waals surface area contributed by atoms with Gasteiger partial charge in [-0.1, -0.05) is 18.2 Å². The second kappa shape index (κ2) is 9.50. The number of para-hydroxylation sites is 1. The van der Waals surface area contributed by atoms with Crippen LogP contribution in [0, 0.1) is 6.92 Å². The quantitative estimate of drug-likeness (QED) is 0.708. The van der Waals surface area contributed by atoms with Gasteiger partial charge in [-0.05, 0) is 36.8 Å². The van der Waals surface area contributed by atoms with Gasteiger partial charge in [-0.15, -0.1) is 0 Å². The van der Waals surface area contributed by atoms with E-state index in [-0.39, 0.29) is 23.0 Å². The van der Waals surface area contributed by atoms with Gasteiger partial charge in [-0.3, -0.25) is 9.59 Å². The van der Waals surface area contributed by atoms with Crippen LogP contribution in [0.4, 0.5) is 14.5 Å². The van der Waals surface area contributed by atoms with E-state index in [1.807, 2.05) is 0 Å². The number of anilines is 1. The Labute approximate surface area is 161 Å². The van der Waals surface area contributed by atoms with Gasteiger partial charge in [0.1, 0.15) is 0 Å². The van der Waals surface area contributed by atoms with E-state index in [1.54, 1.807) is 31.2 Å². The standard InChI is InChI=1S/C20H20F2N2O4/c1-12-14(19(26)23-2)7-5-8-15(12)24-17(25)11-10-13-6-4-9-16(27-3)18(13)28-20(21)22/h4-11,20H,1-3H3,(H,23,26)(H,24,25)/b11-10+. The van der Waals surface area contributed by atoms with Crippen molar-refractivity contribution in [2.75, 3.05) is 19.5 Å². The van der Waals surface area contributed by atoms with Crippen molar-refractivity contribution in [2.45, 2.75) is 13.5 Å². The molecule has 0 aliphatic rings. The number of nitrogens with one attached hydrogen (secondary N) is 2. The highest BCUT2D eigenvalue weighted by Gasteiger charge is 2.14. The molecule has 8 heteroatoms. The lowest BCUT2D eigenvalue weighted by Crippen LogP contribution is -2.20. The van der Waals surface area contributed by atoms with Crippen LogP contribution >= 0.6 is 0 Å². The van der Waals surface area contributed by atoms with Crippen LogP contribution in [0.1, 0.15) is 21.5 Å². The summed E-state index contributed by atoms with van der Waals surface area (Å²) in [6, 6.07) is 9.53. The maximum absolute atomic E-state index is 12.7. The minimum atomic E-state index is -3.03. The molecule has 0 heterocycles. The van der Waals surface area contributed by atoms with Gasteiger partial charge in [0.25, 0.3) is 5.91 Å². The molecule has 2 N–H and O–H groups in total. The number of alkyl halides is 2. The number of rotatable bonds is 7. The molecule has 0 atom stereocenters. The summed E-state index contributed by atoms with van der Waals surface area (Å²) in [5.74, 6) is -0.809. The van der Waals surface area contributed by atoms with Gasteiger partial charge in [0.15, 0.2) is 11.5 Å². The molecule has 2 amide bonds. The van der Waals surface area contributed by atoms with Gasteiger partial charge in [0.05, 0.1) is 7.11 Å². The second-order valence-electron chi connectivity index (χ2n) is 5.64. The Hall–Kier alpha value is -3.42. The lowest BCUT2D eigenvalue weighted by atomic mass is 10.1. The molecule has 0 saturated heterocycles. The van der Waals surface area contributed by atoms with E-state index < -0.39 is 12.5 Å². The molecule has 0 bridgehead atoms. The van der Waals surface area contributed by atoms with Crippen LogP contribution in [-0.2, 0) is 4.79 Å². The highest BCUT2D eigenvalue weighted by molar-refractivity contribution is 6.04. The molecule has 0 unspecified atom stereocenters. The number of benzene rings is 2. The number of hydrogen-bond acceptors (Lipinski definition) is 4. The first-order valence-corrected chi connectivity index (χ1v) is 8.30. The molecule has 0 aliphatic carbocycles. The number of carbonyl (C=O) groups excluding carboxylic acids is 2. The summed E-state index contributed by atoms with van der Waals surface area (Å²) in [5.41, 5.74) is 1.76. The molecule has 0 saturated carbocycles. The average molecular weight is 390 g/mol. The lowest BCUT2D eigenvalue weighted by Gasteiger charge is -2.12. The molecule has 2 aromatic carbocycles. The Morgan fingerprint density at radius 1 is 1.14 bits per heavy atom. The fourth-order valence-corrected chi connectivity index (χ4v) is 2.53. The number of amides is 2. The Balaban J connectivity index is 2.23. The van der Waals surface area contributed by atoms with Crippen molar-refractivity contribution >= 4 is 23.6 Å². The summed E-state index contributed by atoms with van der Waals surface area (Å²) in [7, 11) is 2.85. The van der Waals surface area contributed by atoms with Gasteiger partial charge < -0.3 is 20.1 Å². The summed E-state index contributed by atoms with van der Waals surface area (Å²) >= 11 is 0. The van der Waals surface area contributed by atoms with E-state index in [1.165, 1.54) is 38.4 Å². The molecule has 2 aromatic rings. The number of methoxy groups -OCH3 is 1. The lowest BCUT2D eigenvalue weighted by molar-refractivity contribution is -0.111. The van der Waals surface area contributed by atoms with E-state index in [4.69, 9.17) is 4.74 Å². The molecular weight excluding hydrogens is 370 g/mol. The Bertz CT molecular complexity index is 898. The molecule has 0 spiro atoms. The van der Waals surface area contributed by atoms with E-state index in [0.717, 1.165) is 0 Å². The molecule has 0 aliphatic heterocycles. The minimum Gasteiger partial charge on any atom is -0.493 e. The van der Waals surface area contributed by atoms with Crippen LogP contribution in [0.25, 0.3) is 6.08 Å². The minimum absolute atomic E-state index is 0.122. The van der Waals surface area contributed by atoms with Gasteiger partial charge >= 0.3 is 6.61 Å². The first-order chi connectivity index (χ1) is 13.4. The van der Waals surface area contributed by atoms with Crippen molar-refractivity contribution < 1.29 is 27.8 Å². The monoisotopic (exact) mass is 390 g/mol. The zero-order valence-corrected chi connectivity index (χ0v) is 15.6. The summed E-state index contributed by atoms with van der Waals surface area (Å²) in [4.78, 5) is 24.1. The number of carbonyl (C=O) groups is 2. The third-order valence-corrected chi connectivity index (χ3v) is 3.91. The van der Waals surface area contributed by atoms with Gasteiger partial charge in [-0.25, -0.2) is 0 Å². The van der Waals surface area contributed by atoms with E-state index in [2.05, 4.69) is 15.4 Å². The number of ether oxygens (including phenoxy) is 2. The summed E-state index contributed by atoms with van der Waals surface area (Å²) in [5, 5.41) is 5.19. The number of halogens is 2. The van der Waals surface area contributed by atoms with Crippen LogP contribution in [0.15, 0.2) is 42.5 Å². The van der Waals surface area contributed by atoms with Gasteiger partial charge in [-0.2, -0.15) is 8.78 Å². The van der Waals surface area contributed by atoms with Crippen molar-refractivity contribution in [3.8, 4) is 11.5 Å². The van der Waals surface area contributed by atoms with Crippen molar-refractivity contribution in [3.05, 3.63) is 59.2 Å². The second-order valence-corrected chi connectivity index (χ2v) is 5.64. The van der Waals surface area contributed by atoms with E-state index in [0.29, 0.717) is 16.8 Å². The smallest absolute Gasteiger partial charge is 0.387 e. The molecule has 2 rings (SSSR count). The topological polar surface area (TPSA) is 76.7 Å².